The van der Waals surface area contributed by atoms with E-state index < -0.39 is 22.4 Å². The molecule has 0 bridgehead atoms. The number of alkyl halides is 1. The summed E-state index contributed by atoms with van der Waals surface area (Å²) in [7, 11) is 0. The third-order valence-corrected chi connectivity index (χ3v) is 3.04. The van der Waals surface area contributed by atoms with Crippen LogP contribution >= 0.6 is 27.5 Å². The summed E-state index contributed by atoms with van der Waals surface area (Å²) in [4.78, 5) is 22.0. The lowest BCUT2D eigenvalue weighted by atomic mass is 10.1. The van der Waals surface area contributed by atoms with Gasteiger partial charge in [0.25, 0.3) is 0 Å². The highest BCUT2D eigenvalue weighted by Gasteiger charge is 2.27. The molecule has 0 saturated carbocycles. The quantitative estimate of drug-likeness (QED) is 0.370. The molecule has 3 nitrogen and oxygen atoms in total. The van der Waals surface area contributed by atoms with Gasteiger partial charge in [-0.05, 0) is 25.1 Å². The molecule has 0 amide bonds. The van der Waals surface area contributed by atoms with Crippen LogP contribution < -0.4 is 0 Å². The zero-order valence-electron chi connectivity index (χ0n) is 8.88. The van der Waals surface area contributed by atoms with Crippen LogP contribution in [0.5, 0.6) is 0 Å². The molecule has 0 aliphatic carbocycles. The third kappa shape index (κ3) is 3.51. The predicted octanol–water partition coefficient (Wildman–Crippen LogP) is 2.99. The summed E-state index contributed by atoms with van der Waals surface area (Å²) < 4.78 is 17.7. The highest BCUT2D eigenvalue weighted by atomic mass is 79.9. The molecule has 0 aliphatic heterocycles. The van der Waals surface area contributed by atoms with Crippen molar-refractivity contribution in [1.29, 1.82) is 0 Å². The summed E-state index contributed by atoms with van der Waals surface area (Å²) >= 11 is 8.66. The molecule has 17 heavy (non-hydrogen) atoms. The van der Waals surface area contributed by atoms with Crippen molar-refractivity contribution in [3.05, 3.63) is 34.6 Å². The van der Waals surface area contributed by atoms with E-state index in [2.05, 4.69) is 20.7 Å². The number of Topliss-reactive ketones (excluding diaryl/α,β-unsaturated/α-hetero) is 1. The summed E-state index contributed by atoms with van der Waals surface area (Å²) in [6.45, 7) is 1.78. The van der Waals surface area contributed by atoms with Gasteiger partial charge in [0.2, 0.25) is 0 Å². The Kier molecular flexibility index (Phi) is 5.08. The summed E-state index contributed by atoms with van der Waals surface area (Å²) in [5, 5.41) is 0.0881. The standard InChI is InChI=1S/C11H9BrClFO3/c1-2-17-11(16)9(12)10(15)7-5-6(14)3-4-8(7)13/h3-5,9H,2H2,1H3. The van der Waals surface area contributed by atoms with Gasteiger partial charge in [-0.25, -0.2) is 4.39 Å². The number of halogens is 3. The van der Waals surface area contributed by atoms with E-state index in [1.165, 1.54) is 6.07 Å². The van der Waals surface area contributed by atoms with Crippen LogP contribution in [0.15, 0.2) is 18.2 Å². The van der Waals surface area contributed by atoms with Crippen molar-refractivity contribution in [2.24, 2.45) is 0 Å². The highest BCUT2D eigenvalue weighted by Crippen LogP contribution is 2.21. The lowest BCUT2D eigenvalue weighted by molar-refractivity contribution is -0.141. The lowest BCUT2D eigenvalue weighted by Gasteiger charge is -2.09. The maximum absolute atomic E-state index is 13.0. The topological polar surface area (TPSA) is 43.4 Å². The van der Waals surface area contributed by atoms with Crippen LogP contribution in [-0.2, 0) is 9.53 Å². The second-order valence-corrected chi connectivity index (χ2v) is 4.43. The number of rotatable bonds is 4. The lowest BCUT2D eigenvalue weighted by Crippen LogP contribution is -2.26. The fourth-order valence-electron chi connectivity index (χ4n) is 1.15. The minimum absolute atomic E-state index is 0.0541. The van der Waals surface area contributed by atoms with Gasteiger partial charge in [-0.2, -0.15) is 0 Å². The van der Waals surface area contributed by atoms with Gasteiger partial charge in [0.15, 0.2) is 10.6 Å². The van der Waals surface area contributed by atoms with Crippen molar-refractivity contribution < 1.29 is 18.7 Å². The molecule has 0 fully saturated rings. The Balaban J connectivity index is 2.96. The number of esters is 1. The normalized spacial score (nSPS) is 12.0. The first-order chi connectivity index (χ1) is 7.97. The summed E-state index contributed by atoms with van der Waals surface area (Å²) in [6, 6.07) is 3.37. The summed E-state index contributed by atoms with van der Waals surface area (Å²) in [5.74, 6) is -1.95. The van der Waals surface area contributed by atoms with Gasteiger partial charge < -0.3 is 4.74 Å². The van der Waals surface area contributed by atoms with E-state index in [9.17, 15) is 14.0 Å². The average Bonchev–Trinajstić information content (AvgIpc) is 2.30. The number of benzene rings is 1. The van der Waals surface area contributed by atoms with E-state index in [0.29, 0.717) is 0 Å². The van der Waals surface area contributed by atoms with Gasteiger partial charge in [0.1, 0.15) is 5.82 Å². The van der Waals surface area contributed by atoms with Crippen LogP contribution in [0.1, 0.15) is 17.3 Å². The van der Waals surface area contributed by atoms with E-state index in [1.54, 1.807) is 6.92 Å². The van der Waals surface area contributed by atoms with Crippen molar-refractivity contribution in [3.63, 3.8) is 0 Å². The molecule has 1 rings (SSSR count). The summed E-state index contributed by atoms with van der Waals surface area (Å²) in [5.41, 5.74) is -0.0541. The monoisotopic (exact) mass is 322 g/mol. The third-order valence-electron chi connectivity index (χ3n) is 1.92. The zero-order chi connectivity index (χ0) is 13.0. The molecule has 1 aromatic carbocycles. The number of hydrogen-bond acceptors (Lipinski definition) is 3. The minimum atomic E-state index is -1.18. The van der Waals surface area contributed by atoms with Gasteiger partial charge in [-0.1, -0.05) is 27.5 Å². The number of carbonyl (C=O) groups excluding carboxylic acids is 2. The van der Waals surface area contributed by atoms with Crippen molar-refractivity contribution >= 4 is 39.3 Å². The van der Waals surface area contributed by atoms with Crippen LogP contribution in [0.3, 0.4) is 0 Å². The van der Waals surface area contributed by atoms with Crippen molar-refractivity contribution in [2.45, 2.75) is 11.8 Å². The first-order valence-corrected chi connectivity index (χ1v) is 6.06. The van der Waals surface area contributed by atoms with E-state index >= 15 is 0 Å². The van der Waals surface area contributed by atoms with Gasteiger partial charge >= 0.3 is 5.97 Å². The number of carbonyl (C=O) groups is 2. The Hall–Kier alpha value is -0.940. The zero-order valence-corrected chi connectivity index (χ0v) is 11.2. The molecule has 0 heterocycles. The average molecular weight is 324 g/mol. The van der Waals surface area contributed by atoms with Gasteiger partial charge in [0, 0.05) is 5.56 Å². The molecule has 92 valence electrons. The minimum Gasteiger partial charge on any atom is -0.465 e. The number of hydrogen-bond donors (Lipinski definition) is 0. The van der Waals surface area contributed by atoms with Crippen LogP contribution in [0.25, 0.3) is 0 Å². The van der Waals surface area contributed by atoms with Gasteiger partial charge in [-0.15, -0.1) is 0 Å². The van der Waals surface area contributed by atoms with Gasteiger partial charge in [0.05, 0.1) is 11.6 Å². The van der Waals surface area contributed by atoms with Crippen LogP contribution in [-0.4, -0.2) is 23.2 Å². The van der Waals surface area contributed by atoms with Gasteiger partial charge in [-0.3, -0.25) is 9.59 Å². The van der Waals surface area contributed by atoms with Crippen molar-refractivity contribution in [1.82, 2.24) is 0 Å². The van der Waals surface area contributed by atoms with Crippen molar-refractivity contribution in [3.8, 4) is 0 Å². The van der Waals surface area contributed by atoms with E-state index in [-0.39, 0.29) is 17.2 Å². The fraction of sp³-hybridized carbons (Fsp3) is 0.273. The maximum Gasteiger partial charge on any atom is 0.327 e. The maximum atomic E-state index is 13.0. The Morgan fingerprint density at radius 3 is 2.76 bits per heavy atom. The Bertz CT molecular complexity index is 450. The van der Waals surface area contributed by atoms with Crippen LogP contribution in [0, 0.1) is 5.82 Å². The molecule has 0 aliphatic rings. The Morgan fingerprint density at radius 2 is 2.18 bits per heavy atom. The van der Waals surface area contributed by atoms with E-state index in [4.69, 9.17) is 11.6 Å². The smallest absolute Gasteiger partial charge is 0.327 e. The molecule has 0 N–H and O–H groups in total. The highest BCUT2D eigenvalue weighted by molar-refractivity contribution is 9.10. The molecule has 0 radical (unpaired) electrons. The Morgan fingerprint density at radius 1 is 1.53 bits per heavy atom. The largest absolute Gasteiger partial charge is 0.465 e. The first kappa shape index (κ1) is 14.1. The molecule has 1 atom stereocenters. The van der Waals surface area contributed by atoms with E-state index in [1.807, 2.05) is 0 Å². The number of ether oxygens (including phenoxy) is 1. The van der Waals surface area contributed by atoms with E-state index in [0.717, 1.165) is 12.1 Å². The molecular formula is C11H9BrClFO3. The molecule has 1 aromatic rings. The second-order valence-electron chi connectivity index (χ2n) is 3.10. The second kappa shape index (κ2) is 6.12. The Labute approximate surface area is 111 Å². The molecule has 0 saturated heterocycles. The van der Waals surface area contributed by atoms with Crippen LogP contribution in [0.4, 0.5) is 4.39 Å². The SMILES string of the molecule is CCOC(=O)C(Br)C(=O)c1cc(F)ccc1Cl. The fourth-order valence-corrected chi connectivity index (χ4v) is 1.73. The molecule has 6 heteroatoms. The van der Waals surface area contributed by atoms with Crippen LogP contribution in [0.2, 0.25) is 5.02 Å². The molecular weight excluding hydrogens is 314 g/mol. The summed E-state index contributed by atoms with van der Waals surface area (Å²) in [6.07, 6.45) is 0. The first-order valence-electron chi connectivity index (χ1n) is 4.77. The molecule has 1 unspecified atom stereocenters. The molecule has 0 aromatic heterocycles. The molecule has 0 spiro atoms. The predicted molar refractivity (Wildman–Crippen MR) is 65.1 cm³/mol. The van der Waals surface area contributed by atoms with Crippen molar-refractivity contribution in [2.75, 3.05) is 6.61 Å². The number of ketones is 1.